The number of hydrogen-bond donors (Lipinski definition) is 1. The van der Waals surface area contributed by atoms with E-state index in [9.17, 15) is 14.9 Å². The van der Waals surface area contributed by atoms with Crippen LogP contribution in [0.4, 0.5) is 5.00 Å². The Bertz CT molecular complexity index is 1180. The predicted molar refractivity (Wildman–Crippen MR) is 130 cm³/mol. The molecule has 6 nitrogen and oxygen atoms in total. The molecule has 0 radical (unpaired) electrons. The lowest BCUT2D eigenvalue weighted by molar-refractivity contribution is -0.112. The highest BCUT2D eigenvalue weighted by atomic mass is 32.1. The number of esters is 1. The van der Waals surface area contributed by atoms with Gasteiger partial charge < -0.3 is 14.8 Å². The SMILES string of the molecule is CCCOc1ccc(/C=C(/C#N)C(=O)Nc2scc(-c3ccccc3)c2C(=O)OCC)cc1. The Morgan fingerprint density at radius 2 is 1.82 bits per heavy atom. The second kappa shape index (κ2) is 11.7. The number of carbonyl (C=O) groups is 2. The minimum Gasteiger partial charge on any atom is -0.494 e. The number of nitriles is 1. The largest absolute Gasteiger partial charge is 0.494 e. The lowest BCUT2D eigenvalue weighted by Crippen LogP contribution is -2.16. The zero-order valence-electron chi connectivity index (χ0n) is 18.5. The first-order valence-electron chi connectivity index (χ1n) is 10.6. The van der Waals surface area contributed by atoms with Crippen LogP contribution in [0.2, 0.25) is 0 Å². The minimum absolute atomic E-state index is 0.0818. The Labute approximate surface area is 197 Å². The van der Waals surface area contributed by atoms with E-state index in [0.717, 1.165) is 17.7 Å². The summed E-state index contributed by atoms with van der Waals surface area (Å²) in [6, 6.07) is 18.5. The van der Waals surface area contributed by atoms with Gasteiger partial charge in [0.05, 0.1) is 13.2 Å². The number of carbonyl (C=O) groups excluding carboxylic acids is 2. The lowest BCUT2D eigenvalue weighted by atomic mass is 10.0. The van der Waals surface area contributed by atoms with E-state index in [1.54, 1.807) is 36.6 Å². The second-order valence-electron chi connectivity index (χ2n) is 6.98. The van der Waals surface area contributed by atoms with E-state index in [-0.39, 0.29) is 17.7 Å². The maximum Gasteiger partial charge on any atom is 0.341 e. The number of nitrogens with one attached hydrogen (secondary N) is 1. The van der Waals surface area contributed by atoms with E-state index in [1.165, 1.54) is 17.4 Å². The van der Waals surface area contributed by atoms with Gasteiger partial charge in [0.2, 0.25) is 0 Å². The Balaban J connectivity index is 1.86. The summed E-state index contributed by atoms with van der Waals surface area (Å²) < 4.78 is 10.8. The Kier molecular flexibility index (Phi) is 8.39. The standard InChI is InChI=1S/C26H24N2O4S/c1-3-14-32-21-12-10-18(11-13-21)15-20(16-27)24(29)28-25-23(26(30)31-4-2)22(17-33-25)19-8-6-5-7-9-19/h5-13,15,17H,3-4,14H2,1-2H3,(H,28,29)/b20-15-. The van der Waals surface area contributed by atoms with Crippen molar-refractivity contribution in [3.05, 3.63) is 76.7 Å². The first-order chi connectivity index (χ1) is 16.1. The van der Waals surface area contributed by atoms with E-state index in [4.69, 9.17) is 9.47 Å². The first kappa shape index (κ1) is 23.8. The molecule has 1 aromatic heterocycles. The molecule has 0 spiro atoms. The van der Waals surface area contributed by atoms with Crippen LogP contribution in [0.15, 0.2) is 65.6 Å². The number of ether oxygens (including phenoxy) is 2. The fourth-order valence-corrected chi connectivity index (χ4v) is 4.00. The zero-order valence-corrected chi connectivity index (χ0v) is 19.3. The average Bonchev–Trinajstić information content (AvgIpc) is 3.26. The van der Waals surface area contributed by atoms with Gasteiger partial charge in [0.1, 0.15) is 28.0 Å². The van der Waals surface area contributed by atoms with Gasteiger partial charge in [-0.15, -0.1) is 11.3 Å². The van der Waals surface area contributed by atoms with Crippen molar-refractivity contribution in [1.82, 2.24) is 0 Å². The molecule has 7 heteroatoms. The second-order valence-corrected chi connectivity index (χ2v) is 7.86. The van der Waals surface area contributed by atoms with Gasteiger partial charge in [-0.05, 0) is 42.7 Å². The summed E-state index contributed by atoms with van der Waals surface area (Å²) in [6.45, 7) is 4.58. The molecular weight excluding hydrogens is 436 g/mol. The molecule has 0 aliphatic carbocycles. The maximum absolute atomic E-state index is 12.9. The molecule has 1 N–H and O–H groups in total. The molecule has 0 saturated heterocycles. The molecule has 1 heterocycles. The van der Waals surface area contributed by atoms with Gasteiger partial charge in [-0.25, -0.2) is 4.79 Å². The Morgan fingerprint density at radius 3 is 2.45 bits per heavy atom. The van der Waals surface area contributed by atoms with E-state index < -0.39 is 11.9 Å². The molecule has 0 atom stereocenters. The number of nitrogens with zero attached hydrogens (tertiary/aromatic N) is 1. The zero-order chi connectivity index (χ0) is 23.6. The molecule has 0 fully saturated rings. The lowest BCUT2D eigenvalue weighted by Gasteiger charge is -2.09. The molecule has 2 aromatic carbocycles. The van der Waals surface area contributed by atoms with Crippen molar-refractivity contribution in [3.8, 4) is 22.9 Å². The molecule has 33 heavy (non-hydrogen) atoms. The van der Waals surface area contributed by atoms with Crippen molar-refractivity contribution in [2.24, 2.45) is 0 Å². The number of thiophene rings is 1. The highest BCUT2D eigenvalue weighted by molar-refractivity contribution is 7.15. The molecule has 0 saturated carbocycles. The van der Waals surface area contributed by atoms with Gasteiger partial charge in [-0.3, -0.25) is 4.79 Å². The number of hydrogen-bond acceptors (Lipinski definition) is 6. The van der Waals surface area contributed by atoms with Gasteiger partial charge in [0.25, 0.3) is 5.91 Å². The van der Waals surface area contributed by atoms with E-state index in [2.05, 4.69) is 5.32 Å². The number of benzene rings is 2. The van der Waals surface area contributed by atoms with Gasteiger partial charge in [0, 0.05) is 10.9 Å². The van der Waals surface area contributed by atoms with Crippen LogP contribution < -0.4 is 10.1 Å². The van der Waals surface area contributed by atoms with Crippen molar-refractivity contribution in [2.75, 3.05) is 18.5 Å². The highest BCUT2D eigenvalue weighted by Gasteiger charge is 2.23. The summed E-state index contributed by atoms with van der Waals surface area (Å²) in [5, 5.41) is 14.4. The monoisotopic (exact) mass is 460 g/mol. The summed E-state index contributed by atoms with van der Waals surface area (Å²) >= 11 is 1.21. The Morgan fingerprint density at radius 1 is 1.09 bits per heavy atom. The van der Waals surface area contributed by atoms with E-state index in [1.807, 2.05) is 43.3 Å². The van der Waals surface area contributed by atoms with Gasteiger partial charge in [-0.1, -0.05) is 49.4 Å². The van der Waals surface area contributed by atoms with Crippen molar-refractivity contribution in [2.45, 2.75) is 20.3 Å². The van der Waals surface area contributed by atoms with Crippen LogP contribution in [-0.4, -0.2) is 25.1 Å². The normalized spacial score (nSPS) is 10.9. The van der Waals surface area contributed by atoms with Gasteiger partial charge in [0.15, 0.2) is 0 Å². The Hall–Kier alpha value is -3.89. The van der Waals surface area contributed by atoms with Crippen molar-refractivity contribution in [1.29, 1.82) is 5.26 Å². The van der Waals surface area contributed by atoms with Gasteiger partial charge >= 0.3 is 5.97 Å². The molecule has 3 aromatic rings. The molecule has 0 aliphatic rings. The number of anilines is 1. The summed E-state index contributed by atoms with van der Waals surface area (Å²) in [5.74, 6) is -0.406. The van der Waals surface area contributed by atoms with Crippen LogP contribution in [0.3, 0.4) is 0 Å². The van der Waals surface area contributed by atoms with Gasteiger partial charge in [-0.2, -0.15) is 5.26 Å². The molecule has 1 amide bonds. The van der Waals surface area contributed by atoms with Crippen LogP contribution in [0.1, 0.15) is 36.2 Å². The summed E-state index contributed by atoms with van der Waals surface area (Å²) in [7, 11) is 0. The third kappa shape index (κ3) is 6.09. The molecule has 168 valence electrons. The molecule has 0 bridgehead atoms. The predicted octanol–water partition coefficient (Wildman–Crippen LogP) is 5.93. The summed E-state index contributed by atoms with van der Waals surface area (Å²) in [6.07, 6.45) is 2.40. The molecule has 3 rings (SSSR count). The smallest absolute Gasteiger partial charge is 0.341 e. The van der Waals surface area contributed by atoms with Crippen LogP contribution >= 0.6 is 11.3 Å². The third-order valence-corrected chi connectivity index (χ3v) is 5.51. The fourth-order valence-electron chi connectivity index (χ4n) is 3.05. The first-order valence-corrected chi connectivity index (χ1v) is 11.4. The summed E-state index contributed by atoms with van der Waals surface area (Å²) in [5.41, 5.74) is 2.38. The van der Waals surface area contributed by atoms with Crippen LogP contribution in [0.5, 0.6) is 5.75 Å². The maximum atomic E-state index is 12.9. The quantitative estimate of drug-likeness (QED) is 0.243. The van der Waals surface area contributed by atoms with Crippen LogP contribution in [0.25, 0.3) is 17.2 Å². The van der Waals surface area contributed by atoms with E-state index >= 15 is 0 Å². The van der Waals surface area contributed by atoms with Crippen molar-refractivity contribution in [3.63, 3.8) is 0 Å². The van der Waals surface area contributed by atoms with E-state index in [0.29, 0.717) is 22.7 Å². The average molecular weight is 461 g/mol. The third-order valence-electron chi connectivity index (χ3n) is 4.61. The number of rotatable bonds is 9. The highest BCUT2D eigenvalue weighted by Crippen LogP contribution is 2.36. The molecule has 0 unspecified atom stereocenters. The summed E-state index contributed by atoms with van der Waals surface area (Å²) in [4.78, 5) is 25.5. The van der Waals surface area contributed by atoms with Crippen molar-refractivity contribution < 1.29 is 19.1 Å². The number of amides is 1. The van der Waals surface area contributed by atoms with Crippen LogP contribution in [-0.2, 0) is 9.53 Å². The molecule has 0 aliphatic heterocycles. The minimum atomic E-state index is -0.601. The molecular formula is C26H24N2O4S. The topological polar surface area (TPSA) is 88.4 Å². The van der Waals surface area contributed by atoms with Crippen LogP contribution in [0, 0.1) is 11.3 Å². The fraction of sp³-hybridized carbons (Fsp3) is 0.192. The van der Waals surface area contributed by atoms with Crippen molar-refractivity contribution >= 4 is 34.3 Å².